The number of rotatable bonds is 4. The molecule has 2 N–H and O–H groups in total. The number of carbonyl (C=O) groups excluding carboxylic acids is 1. The Balaban J connectivity index is 1.40. The fourth-order valence-corrected chi connectivity index (χ4v) is 3.62. The van der Waals surface area contributed by atoms with E-state index in [-0.39, 0.29) is 11.9 Å². The molecule has 7 nitrogen and oxygen atoms in total. The van der Waals surface area contributed by atoms with Gasteiger partial charge in [-0.1, -0.05) is 41.6 Å². The average Bonchev–Trinajstić information content (AvgIpc) is 3.25. The minimum Gasteiger partial charge on any atom is -0.399 e. The lowest BCUT2D eigenvalue weighted by Crippen LogP contribution is -2.49. The van der Waals surface area contributed by atoms with Gasteiger partial charge in [0.05, 0.1) is 6.04 Å². The molecule has 29 heavy (non-hydrogen) atoms. The van der Waals surface area contributed by atoms with E-state index in [9.17, 15) is 4.79 Å². The lowest BCUT2D eigenvalue weighted by Gasteiger charge is -2.37. The van der Waals surface area contributed by atoms with Crippen LogP contribution >= 0.6 is 0 Å². The Bertz CT molecular complexity index is 993. The van der Waals surface area contributed by atoms with Crippen molar-refractivity contribution in [1.82, 2.24) is 19.9 Å². The summed E-state index contributed by atoms with van der Waals surface area (Å²) in [5, 5.41) is 4.11. The Morgan fingerprint density at radius 1 is 1.10 bits per heavy atom. The van der Waals surface area contributed by atoms with Crippen molar-refractivity contribution in [3.8, 4) is 11.4 Å². The van der Waals surface area contributed by atoms with Crippen molar-refractivity contribution in [2.45, 2.75) is 19.9 Å². The summed E-state index contributed by atoms with van der Waals surface area (Å²) in [5.74, 6) is 1.22. The van der Waals surface area contributed by atoms with E-state index in [0.29, 0.717) is 36.1 Å². The van der Waals surface area contributed by atoms with Crippen LogP contribution in [0.3, 0.4) is 0 Å². The van der Waals surface area contributed by atoms with Crippen molar-refractivity contribution < 1.29 is 9.32 Å². The van der Waals surface area contributed by atoms with Crippen LogP contribution in [-0.4, -0.2) is 52.0 Å². The van der Waals surface area contributed by atoms with Gasteiger partial charge >= 0.3 is 0 Å². The first-order chi connectivity index (χ1) is 14.0. The highest BCUT2D eigenvalue weighted by Crippen LogP contribution is 2.24. The molecule has 1 fully saturated rings. The van der Waals surface area contributed by atoms with Gasteiger partial charge in [-0.3, -0.25) is 9.69 Å². The van der Waals surface area contributed by atoms with Crippen LogP contribution in [-0.2, 0) is 0 Å². The molecule has 4 rings (SSSR count). The first-order valence-electron chi connectivity index (χ1n) is 9.81. The summed E-state index contributed by atoms with van der Waals surface area (Å²) in [6.45, 7) is 6.79. The van der Waals surface area contributed by atoms with Gasteiger partial charge in [0.25, 0.3) is 5.91 Å². The van der Waals surface area contributed by atoms with E-state index in [1.54, 1.807) is 6.07 Å². The highest BCUT2D eigenvalue weighted by molar-refractivity contribution is 5.96. The first kappa shape index (κ1) is 19.1. The van der Waals surface area contributed by atoms with E-state index in [0.717, 1.165) is 24.2 Å². The van der Waals surface area contributed by atoms with E-state index in [1.165, 1.54) is 0 Å². The molecule has 1 aliphatic heterocycles. The molecule has 1 unspecified atom stereocenters. The molecule has 2 aromatic carbocycles. The van der Waals surface area contributed by atoms with Gasteiger partial charge in [-0.05, 0) is 31.5 Å². The van der Waals surface area contributed by atoms with Gasteiger partial charge in [-0.2, -0.15) is 4.98 Å². The summed E-state index contributed by atoms with van der Waals surface area (Å²) >= 11 is 0. The number of amides is 1. The SMILES string of the molecule is Cc1ccc(N)cc1C(=O)N1CCN(C(C)c2nc(-c3ccccc3)no2)CC1. The average molecular weight is 391 g/mol. The number of hydrogen-bond donors (Lipinski definition) is 1. The largest absolute Gasteiger partial charge is 0.399 e. The molecule has 0 spiro atoms. The minimum atomic E-state index is -0.00804. The van der Waals surface area contributed by atoms with Gasteiger partial charge in [0.2, 0.25) is 11.7 Å². The van der Waals surface area contributed by atoms with Crippen LogP contribution < -0.4 is 5.73 Å². The number of nitrogens with zero attached hydrogens (tertiary/aromatic N) is 4. The second-order valence-corrected chi connectivity index (χ2v) is 7.40. The molecule has 0 bridgehead atoms. The minimum absolute atomic E-state index is 0.00804. The second-order valence-electron chi connectivity index (χ2n) is 7.40. The Morgan fingerprint density at radius 2 is 1.83 bits per heavy atom. The van der Waals surface area contributed by atoms with E-state index in [4.69, 9.17) is 10.3 Å². The zero-order chi connectivity index (χ0) is 20.4. The zero-order valence-electron chi connectivity index (χ0n) is 16.7. The lowest BCUT2D eigenvalue weighted by molar-refractivity contribution is 0.0551. The molecule has 7 heteroatoms. The molecule has 1 aromatic heterocycles. The van der Waals surface area contributed by atoms with Crippen LogP contribution in [0.1, 0.15) is 34.8 Å². The van der Waals surface area contributed by atoms with E-state index >= 15 is 0 Å². The Labute approximate surface area is 170 Å². The van der Waals surface area contributed by atoms with Crippen LogP contribution in [0.2, 0.25) is 0 Å². The number of benzene rings is 2. The third-order valence-electron chi connectivity index (χ3n) is 5.47. The Morgan fingerprint density at radius 3 is 2.55 bits per heavy atom. The van der Waals surface area contributed by atoms with Gasteiger partial charge in [-0.25, -0.2) is 0 Å². The van der Waals surface area contributed by atoms with Crippen molar-refractivity contribution in [3.05, 3.63) is 65.5 Å². The van der Waals surface area contributed by atoms with E-state index < -0.39 is 0 Å². The number of aryl methyl sites for hydroxylation is 1. The van der Waals surface area contributed by atoms with Gasteiger partial charge in [0.15, 0.2) is 0 Å². The number of hydrogen-bond acceptors (Lipinski definition) is 6. The molecule has 0 saturated carbocycles. The zero-order valence-corrected chi connectivity index (χ0v) is 16.7. The standard InChI is InChI=1S/C22H25N5O2/c1-15-8-9-18(23)14-19(15)22(28)27-12-10-26(11-13-27)16(2)21-24-20(25-29-21)17-6-4-3-5-7-17/h3-9,14,16H,10-13,23H2,1-2H3. The highest BCUT2D eigenvalue weighted by atomic mass is 16.5. The molecule has 2 heterocycles. The molecule has 1 atom stereocenters. The molecule has 1 saturated heterocycles. The third kappa shape index (κ3) is 4.00. The molecular formula is C22H25N5O2. The maximum atomic E-state index is 12.9. The van der Waals surface area contributed by atoms with Crippen molar-refractivity contribution in [3.63, 3.8) is 0 Å². The first-order valence-corrected chi connectivity index (χ1v) is 9.81. The summed E-state index contributed by atoms with van der Waals surface area (Å²) in [4.78, 5) is 21.6. The highest BCUT2D eigenvalue weighted by Gasteiger charge is 2.28. The van der Waals surface area contributed by atoms with Crippen LogP contribution in [0.25, 0.3) is 11.4 Å². The fraction of sp³-hybridized carbons (Fsp3) is 0.318. The van der Waals surface area contributed by atoms with E-state index in [1.807, 2.05) is 54.3 Å². The topological polar surface area (TPSA) is 88.5 Å². The van der Waals surface area contributed by atoms with Gasteiger partial charge in [0.1, 0.15) is 0 Å². The summed E-state index contributed by atoms with van der Waals surface area (Å²) < 4.78 is 5.51. The smallest absolute Gasteiger partial charge is 0.254 e. The third-order valence-corrected chi connectivity index (χ3v) is 5.47. The lowest BCUT2D eigenvalue weighted by atomic mass is 10.1. The summed E-state index contributed by atoms with van der Waals surface area (Å²) in [6.07, 6.45) is 0. The van der Waals surface area contributed by atoms with Gasteiger partial charge in [-0.15, -0.1) is 0 Å². The molecule has 150 valence electrons. The van der Waals surface area contributed by atoms with Crippen LogP contribution in [0.5, 0.6) is 0 Å². The maximum Gasteiger partial charge on any atom is 0.254 e. The van der Waals surface area contributed by atoms with Crippen molar-refractivity contribution in [2.75, 3.05) is 31.9 Å². The molecule has 0 aliphatic carbocycles. The monoisotopic (exact) mass is 391 g/mol. The molecule has 1 amide bonds. The summed E-state index contributed by atoms with van der Waals surface area (Å²) in [6, 6.07) is 15.2. The van der Waals surface area contributed by atoms with Gasteiger partial charge < -0.3 is 15.2 Å². The number of carbonyl (C=O) groups is 1. The summed E-state index contributed by atoms with van der Waals surface area (Å²) in [7, 11) is 0. The number of nitrogen functional groups attached to an aromatic ring is 1. The van der Waals surface area contributed by atoms with Crippen LogP contribution in [0.15, 0.2) is 53.1 Å². The quantitative estimate of drug-likeness (QED) is 0.688. The van der Waals surface area contributed by atoms with Gasteiger partial charge in [0, 0.05) is 43.0 Å². The number of piperazine rings is 1. The van der Waals surface area contributed by atoms with Crippen molar-refractivity contribution in [1.29, 1.82) is 0 Å². The predicted octanol–water partition coefficient (Wildman–Crippen LogP) is 3.15. The van der Waals surface area contributed by atoms with Crippen LogP contribution in [0.4, 0.5) is 5.69 Å². The predicted molar refractivity (Wildman–Crippen MR) is 111 cm³/mol. The normalized spacial score (nSPS) is 16.0. The summed E-state index contributed by atoms with van der Waals surface area (Å²) in [5.41, 5.74) is 9.02. The molecule has 0 radical (unpaired) electrons. The number of aromatic nitrogens is 2. The molecule has 1 aliphatic rings. The van der Waals surface area contributed by atoms with E-state index in [2.05, 4.69) is 22.0 Å². The van der Waals surface area contributed by atoms with Crippen molar-refractivity contribution in [2.24, 2.45) is 0 Å². The number of nitrogens with two attached hydrogens (primary N) is 1. The van der Waals surface area contributed by atoms with Crippen molar-refractivity contribution >= 4 is 11.6 Å². The van der Waals surface area contributed by atoms with Crippen LogP contribution in [0, 0.1) is 6.92 Å². The second kappa shape index (κ2) is 8.05. The fourth-order valence-electron chi connectivity index (χ4n) is 3.62. The maximum absolute atomic E-state index is 12.9. The molecular weight excluding hydrogens is 366 g/mol. The molecule has 3 aromatic rings. The Kier molecular flexibility index (Phi) is 5.31. The number of anilines is 1. The Hall–Kier alpha value is -3.19.